The van der Waals surface area contributed by atoms with E-state index in [9.17, 15) is 0 Å². The first-order valence-electron chi connectivity index (χ1n) is 4.78. The molecule has 0 radical (unpaired) electrons. The number of hydrogen-bond donors (Lipinski definition) is 0. The van der Waals surface area contributed by atoms with Crippen LogP contribution in [0.1, 0.15) is 32.6 Å². The lowest BCUT2D eigenvalue weighted by Gasteiger charge is -2.56. The molecule has 1 aliphatic carbocycles. The lowest BCUT2D eigenvalue weighted by Crippen LogP contribution is -2.57. The topological polar surface area (TPSA) is 33.0 Å². The first kappa shape index (κ1) is 8.07. The van der Waals surface area contributed by atoms with Crippen molar-refractivity contribution in [3.63, 3.8) is 0 Å². The van der Waals surface area contributed by atoms with Crippen LogP contribution < -0.4 is 0 Å². The van der Waals surface area contributed by atoms with Gasteiger partial charge in [-0.1, -0.05) is 13.3 Å². The Morgan fingerprint density at radius 1 is 1.42 bits per heavy atom. The van der Waals surface area contributed by atoms with Crippen molar-refractivity contribution in [1.29, 1.82) is 5.26 Å². The van der Waals surface area contributed by atoms with Crippen LogP contribution in [-0.4, -0.2) is 13.2 Å². The Morgan fingerprint density at radius 2 is 2.08 bits per heavy atom. The van der Waals surface area contributed by atoms with Crippen LogP contribution in [0.3, 0.4) is 0 Å². The van der Waals surface area contributed by atoms with Gasteiger partial charge >= 0.3 is 0 Å². The van der Waals surface area contributed by atoms with Gasteiger partial charge in [0.15, 0.2) is 0 Å². The fourth-order valence-electron chi connectivity index (χ4n) is 2.46. The second-order valence-electron chi connectivity index (χ2n) is 4.17. The van der Waals surface area contributed by atoms with E-state index in [1.54, 1.807) is 0 Å². The molecule has 2 heteroatoms. The third kappa shape index (κ3) is 0.728. The van der Waals surface area contributed by atoms with Crippen molar-refractivity contribution in [1.82, 2.24) is 0 Å². The fraction of sp³-hybridized carbons (Fsp3) is 0.900. The van der Waals surface area contributed by atoms with Crippen molar-refractivity contribution in [3.05, 3.63) is 0 Å². The zero-order valence-electron chi connectivity index (χ0n) is 7.60. The van der Waals surface area contributed by atoms with Gasteiger partial charge in [-0.2, -0.15) is 5.26 Å². The molecule has 2 fully saturated rings. The molecule has 0 unspecified atom stereocenters. The Kier molecular flexibility index (Phi) is 1.66. The molecule has 0 atom stereocenters. The fourth-order valence-corrected chi connectivity index (χ4v) is 2.46. The van der Waals surface area contributed by atoms with Gasteiger partial charge in [0.05, 0.1) is 24.7 Å². The third-order valence-corrected chi connectivity index (χ3v) is 3.87. The van der Waals surface area contributed by atoms with Gasteiger partial charge in [0.2, 0.25) is 0 Å². The molecule has 1 aliphatic heterocycles. The minimum Gasteiger partial charge on any atom is -0.380 e. The molecule has 0 amide bonds. The highest BCUT2D eigenvalue weighted by atomic mass is 16.5. The van der Waals surface area contributed by atoms with E-state index in [1.807, 2.05) is 0 Å². The maximum Gasteiger partial charge on any atom is 0.0697 e. The highest BCUT2D eigenvalue weighted by Crippen LogP contribution is 2.58. The van der Waals surface area contributed by atoms with Crippen molar-refractivity contribution >= 4 is 0 Å². The number of hydrogen-bond acceptors (Lipinski definition) is 2. The van der Waals surface area contributed by atoms with Crippen LogP contribution in [-0.2, 0) is 4.74 Å². The quantitative estimate of drug-likeness (QED) is 0.627. The molecule has 1 heterocycles. The monoisotopic (exact) mass is 165 g/mol. The minimum atomic E-state index is -0.0139. The summed E-state index contributed by atoms with van der Waals surface area (Å²) in [6.07, 6.45) is 4.53. The number of nitrogens with zero attached hydrogens (tertiary/aromatic N) is 1. The van der Waals surface area contributed by atoms with E-state index >= 15 is 0 Å². The molecule has 0 spiro atoms. The average molecular weight is 165 g/mol. The van der Waals surface area contributed by atoms with Gasteiger partial charge in [-0.05, 0) is 19.3 Å². The van der Waals surface area contributed by atoms with E-state index in [0.717, 1.165) is 32.5 Å². The normalized spacial score (nSPS) is 29.7. The Balaban J connectivity index is 2.20. The molecule has 2 nitrogen and oxygen atoms in total. The highest BCUT2D eigenvalue weighted by molar-refractivity contribution is 5.16. The smallest absolute Gasteiger partial charge is 0.0697 e. The zero-order valence-corrected chi connectivity index (χ0v) is 7.60. The standard InChI is InChI=1S/C10H15NO/c1-2-9(7-12-8-9)10(6-11)4-3-5-10/h2-5,7-8H2,1H3. The lowest BCUT2D eigenvalue weighted by molar-refractivity contribution is -0.191. The summed E-state index contributed by atoms with van der Waals surface area (Å²) in [4.78, 5) is 0. The molecular weight excluding hydrogens is 150 g/mol. The summed E-state index contributed by atoms with van der Waals surface area (Å²) in [6.45, 7) is 3.81. The van der Waals surface area contributed by atoms with Gasteiger partial charge in [0.25, 0.3) is 0 Å². The van der Waals surface area contributed by atoms with Gasteiger partial charge in [-0.25, -0.2) is 0 Å². The van der Waals surface area contributed by atoms with Crippen LogP contribution in [0.2, 0.25) is 0 Å². The second kappa shape index (κ2) is 2.47. The van der Waals surface area contributed by atoms with Crippen molar-refractivity contribution in [2.75, 3.05) is 13.2 Å². The van der Waals surface area contributed by atoms with Crippen LogP contribution in [0.15, 0.2) is 0 Å². The van der Waals surface area contributed by atoms with E-state index in [-0.39, 0.29) is 10.8 Å². The van der Waals surface area contributed by atoms with Crippen LogP contribution in [0.4, 0.5) is 0 Å². The molecule has 0 aromatic heterocycles. The van der Waals surface area contributed by atoms with Gasteiger partial charge in [0, 0.05) is 5.41 Å². The Bertz CT molecular complexity index is 215. The van der Waals surface area contributed by atoms with Crippen molar-refractivity contribution < 1.29 is 4.74 Å². The van der Waals surface area contributed by atoms with E-state index in [0.29, 0.717) is 0 Å². The molecule has 66 valence electrons. The minimum absolute atomic E-state index is 0.0139. The summed E-state index contributed by atoms with van der Waals surface area (Å²) in [7, 11) is 0. The number of ether oxygens (including phenoxy) is 1. The van der Waals surface area contributed by atoms with Crippen LogP contribution in [0.25, 0.3) is 0 Å². The van der Waals surface area contributed by atoms with E-state index in [1.165, 1.54) is 6.42 Å². The van der Waals surface area contributed by atoms with Crippen molar-refractivity contribution in [2.24, 2.45) is 10.8 Å². The maximum atomic E-state index is 9.16. The molecule has 0 N–H and O–H groups in total. The van der Waals surface area contributed by atoms with Gasteiger partial charge in [-0.15, -0.1) is 0 Å². The first-order chi connectivity index (χ1) is 5.79. The lowest BCUT2D eigenvalue weighted by atomic mass is 9.52. The predicted molar refractivity (Wildman–Crippen MR) is 45.4 cm³/mol. The predicted octanol–water partition coefficient (Wildman–Crippen LogP) is 2.11. The molecule has 0 bridgehead atoms. The first-order valence-corrected chi connectivity index (χ1v) is 4.78. The van der Waals surface area contributed by atoms with Crippen LogP contribution >= 0.6 is 0 Å². The van der Waals surface area contributed by atoms with Crippen molar-refractivity contribution in [3.8, 4) is 6.07 Å². The summed E-state index contributed by atoms with van der Waals surface area (Å²) < 4.78 is 5.26. The zero-order chi connectivity index (χ0) is 8.66. The summed E-state index contributed by atoms with van der Waals surface area (Å²) in [5, 5.41) is 9.16. The number of rotatable bonds is 2. The highest BCUT2D eigenvalue weighted by Gasteiger charge is 2.58. The molecule has 0 aromatic rings. The Morgan fingerprint density at radius 3 is 2.17 bits per heavy atom. The largest absolute Gasteiger partial charge is 0.380 e. The van der Waals surface area contributed by atoms with Crippen LogP contribution in [0.5, 0.6) is 0 Å². The maximum absolute atomic E-state index is 9.16. The molecule has 2 aliphatic rings. The SMILES string of the molecule is CCC1(C2(C#N)CCC2)COC1. The van der Waals surface area contributed by atoms with Crippen LogP contribution in [0, 0.1) is 22.2 Å². The van der Waals surface area contributed by atoms with Gasteiger partial charge in [-0.3, -0.25) is 0 Å². The van der Waals surface area contributed by atoms with Gasteiger partial charge < -0.3 is 4.74 Å². The average Bonchev–Trinajstić information content (AvgIpc) is 1.92. The van der Waals surface area contributed by atoms with E-state index in [2.05, 4.69) is 13.0 Å². The van der Waals surface area contributed by atoms with Crippen molar-refractivity contribution in [2.45, 2.75) is 32.6 Å². The third-order valence-electron chi connectivity index (χ3n) is 3.87. The molecule has 2 rings (SSSR count). The summed E-state index contributed by atoms with van der Waals surface area (Å²) in [6, 6.07) is 2.53. The summed E-state index contributed by atoms with van der Waals surface area (Å²) >= 11 is 0. The molecular formula is C10H15NO. The summed E-state index contributed by atoms with van der Waals surface area (Å²) in [5.41, 5.74) is 0.208. The van der Waals surface area contributed by atoms with E-state index < -0.39 is 0 Å². The molecule has 1 saturated heterocycles. The molecule has 1 saturated carbocycles. The Hall–Kier alpha value is -0.550. The Labute approximate surface area is 73.5 Å². The summed E-state index contributed by atoms with van der Waals surface area (Å²) in [5.74, 6) is 0. The number of nitriles is 1. The molecule has 12 heavy (non-hydrogen) atoms. The van der Waals surface area contributed by atoms with Gasteiger partial charge in [0.1, 0.15) is 0 Å². The second-order valence-corrected chi connectivity index (χ2v) is 4.17. The molecule has 0 aromatic carbocycles. The van der Waals surface area contributed by atoms with E-state index in [4.69, 9.17) is 10.00 Å².